The van der Waals surface area contributed by atoms with Gasteiger partial charge in [-0.1, -0.05) is 6.08 Å². The van der Waals surface area contributed by atoms with Gasteiger partial charge in [-0.15, -0.1) is 0 Å². The van der Waals surface area contributed by atoms with Crippen molar-refractivity contribution in [2.45, 2.75) is 19.8 Å². The molecule has 0 spiro atoms. The van der Waals surface area contributed by atoms with Crippen molar-refractivity contribution < 1.29 is 0 Å². The third-order valence-corrected chi connectivity index (χ3v) is 2.52. The molecule has 9 heavy (non-hydrogen) atoms. The first-order chi connectivity index (χ1) is 4.36. The van der Waals surface area contributed by atoms with Crippen molar-refractivity contribution in [3.05, 3.63) is 11.8 Å². The quantitative estimate of drug-likeness (QED) is 0.473. The Balaban J connectivity index is 2.25. The van der Waals surface area contributed by atoms with Crippen molar-refractivity contribution in [1.29, 1.82) is 0 Å². The Bertz CT molecular complexity index is 141. The highest BCUT2D eigenvalue weighted by atomic mass is 15.1. The van der Waals surface area contributed by atoms with E-state index in [0.29, 0.717) is 0 Å². The average Bonchev–Trinajstić information content (AvgIpc) is 1.90. The van der Waals surface area contributed by atoms with Gasteiger partial charge in [-0.05, 0) is 25.7 Å². The van der Waals surface area contributed by atoms with E-state index in [1.54, 1.807) is 0 Å². The van der Waals surface area contributed by atoms with E-state index >= 15 is 0 Å². The molecule has 0 aromatic rings. The van der Waals surface area contributed by atoms with E-state index in [2.05, 4.69) is 17.9 Å². The predicted molar refractivity (Wildman–Crippen MR) is 38.1 cm³/mol. The zero-order valence-electron chi connectivity index (χ0n) is 5.93. The second kappa shape index (κ2) is 1.76. The van der Waals surface area contributed by atoms with E-state index in [1.165, 1.54) is 31.6 Å². The maximum Gasteiger partial charge on any atom is 0.0180 e. The lowest BCUT2D eigenvalue weighted by atomic mass is 9.91. The molecule has 1 nitrogen and oxygen atoms in total. The third-order valence-electron chi connectivity index (χ3n) is 2.52. The number of hydrogen-bond donors (Lipinski definition) is 0. The van der Waals surface area contributed by atoms with Crippen molar-refractivity contribution in [1.82, 2.24) is 4.90 Å². The molecule has 1 fully saturated rings. The first-order valence-corrected chi connectivity index (χ1v) is 3.79. The minimum absolute atomic E-state index is 0.926. The lowest BCUT2D eigenvalue weighted by molar-refractivity contribution is 0.220. The van der Waals surface area contributed by atoms with E-state index in [4.69, 9.17) is 0 Å². The summed E-state index contributed by atoms with van der Waals surface area (Å²) < 4.78 is 0. The van der Waals surface area contributed by atoms with Gasteiger partial charge in [-0.2, -0.15) is 0 Å². The highest BCUT2D eigenvalue weighted by Crippen LogP contribution is 2.28. The second-order valence-electron chi connectivity index (χ2n) is 3.13. The SMILES string of the molecule is CC1=CC2CCN1CC2. The van der Waals surface area contributed by atoms with Crippen LogP contribution >= 0.6 is 0 Å². The molecule has 1 heteroatoms. The maximum absolute atomic E-state index is 2.49. The van der Waals surface area contributed by atoms with Crippen LogP contribution < -0.4 is 0 Å². The van der Waals surface area contributed by atoms with Crippen LogP contribution in [0.15, 0.2) is 11.8 Å². The fourth-order valence-corrected chi connectivity index (χ4v) is 1.87. The number of hydrogen-bond acceptors (Lipinski definition) is 1. The normalized spacial score (nSPS) is 26.8. The van der Waals surface area contributed by atoms with E-state index < -0.39 is 0 Å². The average molecular weight is 123 g/mol. The van der Waals surface area contributed by atoms with Gasteiger partial charge in [0.05, 0.1) is 0 Å². The van der Waals surface area contributed by atoms with Crippen LogP contribution in [0.4, 0.5) is 0 Å². The molecule has 3 heterocycles. The van der Waals surface area contributed by atoms with E-state index in [9.17, 15) is 0 Å². The molecule has 0 amide bonds. The smallest absolute Gasteiger partial charge is 0.0180 e. The fraction of sp³-hybridized carbons (Fsp3) is 0.750. The Morgan fingerprint density at radius 2 is 2.11 bits per heavy atom. The van der Waals surface area contributed by atoms with Crippen molar-refractivity contribution >= 4 is 0 Å². The zero-order valence-corrected chi connectivity index (χ0v) is 5.93. The Hall–Kier alpha value is -0.460. The number of allylic oxidation sites excluding steroid dienone is 2. The lowest BCUT2D eigenvalue weighted by Gasteiger charge is -2.38. The Morgan fingerprint density at radius 3 is 2.33 bits per heavy atom. The van der Waals surface area contributed by atoms with Gasteiger partial charge in [0.1, 0.15) is 0 Å². The summed E-state index contributed by atoms with van der Waals surface area (Å²) in [4.78, 5) is 2.49. The molecule has 0 radical (unpaired) electrons. The van der Waals surface area contributed by atoms with Crippen molar-refractivity contribution in [2.75, 3.05) is 13.1 Å². The molecule has 3 aliphatic rings. The predicted octanol–water partition coefficient (Wildman–Crippen LogP) is 1.62. The van der Waals surface area contributed by atoms with Gasteiger partial charge in [0, 0.05) is 18.8 Å². The van der Waals surface area contributed by atoms with E-state index in [0.717, 1.165) is 5.92 Å². The molecule has 0 aliphatic carbocycles. The minimum atomic E-state index is 0.926. The summed E-state index contributed by atoms with van der Waals surface area (Å²) >= 11 is 0. The topological polar surface area (TPSA) is 3.24 Å². The summed E-state index contributed by atoms with van der Waals surface area (Å²) in [6.07, 6.45) is 5.22. The van der Waals surface area contributed by atoms with Gasteiger partial charge in [0.2, 0.25) is 0 Å². The summed E-state index contributed by atoms with van der Waals surface area (Å²) in [6, 6.07) is 0. The molecule has 0 saturated carbocycles. The molecule has 0 unspecified atom stereocenters. The fourth-order valence-electron chi connectivity index (χ4n) is 1.87. The summed E-state index contributed by atoms with van der Waals surface area (Å²) in [5.41, 5.74) is 1.51. The number of fused-ring (bicyclic) bond motifs is 2. The molecule has 2 bridgehead atoms. The Kier molecular flexibility index (Phi) is 1.04. The summed E-state index contributed by atoms with van der Waals surface area (Å²) in [7, 11) is 0. The lowest BCUT2D eigenvalue weighted by Crippen LogP contribution is -2.36. The standard InChI is InChI=1S/C8H13N/c1-7-6-8-2-4-9(7)5-3-8/h6,8H,2-5H2,1H3. The molecule has 50 valence electrons. The Morgan fingerprint density at radius 1 is 1.44 bits per heavy atom. The van der Waals surface area contributed by atoms with Crippen LogP contribution in [0.3, 0.4) is 0 Å². The summed E-state index contributed by atoms with van der Waals surface area (Å²) in [5.74, 6) is 0.926. The van der Waals surface area contributed by atoms with E-state index in [1.807, 2.05) is 0 Å². The van der Waals surface area contributed by atoms with Crippen LogP contribution in [0.25, 0.3) is 0 Å². The number of piperidine rings is 1. The van der Waals surface area contributed by atoms with Gasteiger partial charge in [-0.3, -0.25) is 0 Å². The van der Waals surface area contributed by atoms with Crippen LogP contribution in [0.2, 0.25) is 0 Å². The molecular formula is C8H13N. The second-order valence-corrected chi connectivity index (χ2v) is 3.13. The molecule has 0 atom stereocenters. The van der Waals surface area contributed by atoms with Crippen molar-refractivity contribution in [2.24, 2.45) is 5.92 Å². The first-order valence-electron chi connectivity index (χ1n) is 3.79. The van der Waals surface area contributed by atoms with Crippen LogP contribution in [-0.4, -0.2) is 18.0 Å². The van der Waals surface area contributed by atoms with Gasteiger partial charge in [0.15, 0.2) is 0 Å². The molecule has 3 rings (SSSR count). The maximum atomic E-state index is 2.49. The number of nitrogens with zero attached hydrogens (tertiary/aromatic N) is 1. The first kappa shape index (κ1) is 5.33. The largest absolute Gasteiger partial charge is 0.375 e. The van der Waals surface area contributed by atoms with Gasteiger partial charge in [-0.25, -0.2) is 0 Å². The molecular weight excluding hydrogens is 110 g/mol. The summed E-state index contributed by atoms with van der Waals surface area (Å²) in [5, 5.41) is 0. The molecule has 0 N–H and O–H groups in total. The Labute approximate surface area is 56.4 Å². The monoisotopic (exact) mass is 123 g/mol. The van der Waals surface area contributed by atoms with Gasteiger partial charge in [0.25, 0.3) is 0 Å². The van der Waals surface area contributed by atoms with Gasteiger partial charge >= 0.3 is 0 Å². The number of rotatable bonds is 0. The van der Waals surface area contributed by atoms with Crippen LogP contribution in [-0.2, 0) is 0 Å². The van der Waals surface area contributed by atoms with Crippen molar-refractivity contribution in [3.63, 3.8) is 0 Å². The van der Waals surface area contributed by atoms with Crippen LogP contribution in [0.1, 0.15) is 19.8 Å². The van der Waals surface area contributed by atoms with Gasteiger partial charge < -0.3 is 4.90 Å². The highest BCUT2D eigenvalue weighted by Gasteiger charge is 2.22. The van der Waals surface area contributed by atoms with Crippen molar-refractivity contribution in [3.8, 4) is 0 Å². The third kappa shape index (κ3) is 0.752. The summed E-state index contributed by atoms with van der Waals surface area (Å²) in [6.45, 7) is 4.85. The molecule has 0 aromatic heterocycles. The minimum Gasteiger partial charge on any atom is -0.375 e. The molecule has 3 aliphatic heterocycles. The van der Waals surface area contributed by atoms with E-state index in [-0.39, 0.29) is 0 Å². The highest BCUT2D eigenvalue weighted by molar-refractivity contribution is 5.08. The molecule has 1 saturated heterocycles. The van der Waals surface area contributed by atoms with Crippen LogP contribution in [0.5, 0.6) is 0 Å². The van der Waals surface area contributed by atoms with Crippen LogP contribution in [0, 0.1) is 5.92 Å². The zero-order chi connectivity index (χ0) is 6.27. The molecule has 0 aromatic carbocycles.